The van der Waals surface area contributed by atoms with Crippen LogP contribution in [0.5, 0.6) is 23.0 Å². The number of carbonyl (C=O) groups excluding carboxylic acids is 1. The van der Waals surface area contributed by atoms with E-state index in [1.165, 1.54) is 28.4 Å². The van der Waals surface area contributed by atoms with Gasteiger partial charge in [-0.1, -0.05) is 6.07 Å². The van der Waals surface area contributed by atoms with Gasteiger partial charge in [-0.2, -0.15) is 0 Å². The molecule has 0 aliphatic heterocycles. The third-order valence-corrected chi connectivity index (χ3v) is 5.21. The molecule has 0 aromatic heterocycles. The maximum Gasteiger partial charge on any atom is 0.203 e. The smallest absolute Gasteiger partial charge is 0.203 e. The van der Waals surface area contributed by atoms with Gasteiger partial charge in [-0.25, -0.2) is 0 Å². The van der Waals surface area contributed by atoms with Crippen LogP contribution in [-0.4, -0.2) is 45.4 Å². The minimum absolute atomic E-state index is 0.0775. The molecule has 7 nitrogen and oxygen atoms in total. The van der Waals surface area contributed by atoms with Gasteiger partial charge >= 0.3 is 0 Å². The van der Waals surface area contributed by atoms with Crippen LogP contribution in [0.25, 0.3) is 0 Å². The van der Waals surface area contributed by atoms with Crippen molar-refractivity contribution in [1.29, 1.82) is 0 Å². The van der Waals surface area contributed by atoms with Crippen LogP contribution in [0.4, 0.5) is 5.69 Å². The van der Waals surface area contributed by atoms with Crippen molar-refractivity contribution in [3.05, 3.63) is 41.5 Å². The number of nitrogens with two attached hydrogens (primary N) is 1. The van der Waals surface area contributed by atoms with Gasteiger partial charge in [0.15, 0.2) is 11.5 Å². The van der Waals surface area contributed by atoms with Crippen LogP contribution in [0.3, 0.4) is 0 Å². The molecule has 3 rings (SSSR count). The number of nitrogen functional groups attached to an aromatic ring is 1. The molecule has 2 aromatic carbocycles. The Hall–Kier alpha value is -2.93. The second-order valence-electron chi connectivity index (χ2n) is 6.70. The van der Waals surface area contributed by atoms with Gasteiger partial charge in [-0.3, -0.25) is 4.79 Å². The van der Waals surface area contributed by atoms with Gasteiger partial charge in [0, 0.05) is 5.92 Å². The van der Waals surface area contributed by atoms with E-state index in [1.807, 2.05) is 0 Å². The van der Waals surface area contributed by atoms with E-state index in [-0.39, 0.29) is 5.78 Å². The largest absolute Gasteiger partial charge is 0.495 e. The molecule has 0 saturated heterocycles. The van der Waals surface area contributed by atoms with Crippen molar-refractivity contribution in [2.75, 3.05) is 34.2 Å². The van der Waals surface area contributed by atoms with E-state index in [9.17, 15) is 9.90 Å². The summed E-state index contributed by atoms with van der Waals surface area (Å²) in [5.74, 6) is 0.706. The number of hydrogen-bond donors (Lipinski definition) is 2. The first-order valence-electron chi connectivity index (χ1n) is 8.90. The van der Waals surface area contributed by atoms with Crippen LogP contribution in [0.15, 0.2) is 30.3 Å². The molecular weight excluding hydrogens is 362 g/mol. The molecule has 2 aromatic rings. The van der Waals surface area contributed by atoms with Gasteiger partial charge in [0.1, 0.15) is 11.5 Å². The molecule has 3 atom stereocenters. The molecule has 3 unspecified atom stereocenters. The summed E-state index contributed by atoms with van der Waals surface area (Å²) in [6.07, 6.45) is -0.516. The molecule has 0 bridgehead atoms. The highest BCUT2D eigenvalue weighted by atomic mass is 16.5. The summed E-state index contributed by atoms with van der Waals surface area (Å²) in [6, 6.07) is 8.65. The van der Waals surface area contributed by atoms with Crippen molar-refractivity contribution < 1.29 is 28.8 Å². The third kappa shape index (κ3) is 3.33. The average molecular weight is 387 g/mol. The molecule has 1 fully saturated rings. The lowest BCUT2D eigenvalue weighted by atomic mass is 9.90. The van der Waals surface area contributed by atoms with E-state index in [1.54, 1.807) is 30.3 Å². The summed E-state index contributed by atoms with van der Waals surface area (Å²) in [7, 11) is 6.10. The van der Waals surface area contributed by atoms with Crippen molar-refractivity contribution in [2.24, 2.45) is 0 Å². The minimum Gasteiger partial charge on any atom is -0.495 e. The van der Waals surface area contributed by atoms with Crippen LogP contribution in [0, 0.1) is 0 Å². The summed E-state index contributed by atoms with van der Waals surface area (Å²) in [6.45, 7) is 0. The van der Waals surface area contributed by atoms with E-state index in [0.29, 0.717) is 46.2 Å². The zero-order chi connectivity index (χ0) is 20.4. The van der Waals surface area contributed by atoms with Crippen LogP contribution in [-0.2, 0) is 4.79 Å². The first-order chi connectivity index (χ1) is 13.4. The topological polar surface area (TPSA) is 100 Å². The number of anilines is 1. The number of benzene rings is 2. The normalized spacial score (nSPS) is 21.5. The Balaban J connectivity index is 1.98. The SMILES string of the molecule is COc1ccc(C2C(=O)C(c3cc(OC)c(OC)c(OC)c3)CC2O)cc1N. The number of ether oxygens (including phenoxy) is 4. The van der Waals surface area contributed by atoms with Gasteiger partial charge in [-0.05, 0) is 41.8 Å². The predicted octanol–water partition coefficient (Wildman–Crippen LogP) is 2.50. The molecular formula is C21H25NO6. The van der Waals surface area contributed by atoms with E-state index >= 15 is 0 Å². The van der Waals surface area contributed by atoms with E-state index < -0.39 is 17.9 Å². The Bertz CT molecular complexity index is 856. The fourth-order valence-corrected chi connectivity index (χ4v) is 3.84. The Morgan fingerprint density at radius 1 is 0.893 bits per heavy atom. The highest BCUT2D eigenvalue weighted by Gasteiger charge is 2.43. The maximum absolute atomic E-state index is 13.2. The first-order valence-corrected chi connectivity index (χ1v) is 8.90. The van der Waals surface area contributed by atoms with Crippen molar-refractivity contribution in [3.8, 4) is 23.0 Å². The molecule has 1 saturated carbocycles. The Labute approximate surface area is 164 Å². The summed E-state index contributed by atoms with van der Waals surface area (Å²) in [4.78, 5) is 13.2. The molecule has 28 heavy (non-hydrogen) atoms. The van der Waals surface area contributed by atoms with Gasteiger partial charge in [0.05, 0.1) is 46.1 Å². The number of Topliss-reactive ketones (excluding diaryl/α,β-unsaturated/α-hetero) is 1. The number of hydrogen-bond acceptors (Lipinski definition) is 7. The number of aliphatic hydroxyl groups excluding tert-OH is 1. The third-order valence-electron chi connectivity index (χ3n) is 5.21. The van der Waals surface area contributed by atoms with E-state index in [2.05, 4.69) is 0 Å². The minimum atomic E-state index is -0.815. The molecule has 7 heteroatoms. The second-order valence-corrected chi connectivity index (χ2v) is 6.70. The number of carbonyl (C=O) groups is 1. The zero-order valence-electron chi connectivity index (χ0n) is 16.4. The molecule has 0 spiro atoms. The van der Waals surface area contributed by atoms with Crippen molar-refractivity contribution in [2.45, 2.75) is 24.4 Å². The standard InChI is InChI=1S/C21H25NO6/c1-25-16-6-5-11(7-14(16)22)19-15(23)10-13(20(19)24)12-8-17(26-2)21(28-4)18(9-12)27-3/h5-9,13,15,19,23H,10,22H2,1-4H3. The molecule has 0 amide bonds. The van der Waals surface area contributed by atoms with Crippen molar-refractivity contribution in [3.63, 3.8) is 0 Å². The maximum atomic E-state index is 13.2. The number of rotatable bonds is 6. The molecule has 0 radical (unpaired) electrons. The molecule has 3 N–H and O–H groups in total. The van der Waals surface area contributed by atoms with Crippen molar-refractivity contribution >= 4 is 11.5 Å². The lowest BCUT2D eigenvalue weighted by Crippen LogP contribution is -2.18. The van der Waals surface area contributed by atoms with Gasteiger partial charge in [-0.15, -0.1) is 0 Å². The molecule has 0 heterocycles. The van der Waals surface area contributed by atoms with Crippen LogP contribution in [0.1, 0.15) is 29.4 Å². The zero-order valence-corrected chi connectivity index (χ0v) is 16.4. The highest BCUT2D eigenvalue weighted by molar-refractivity contribution is 5.95. The number of ketones is 1. The number of methoxy groups -OCH3 is 4. The fraction of sp³-hybridized carbons (Fsp3) is 0.381. The lowest BCUT2D eigenvalue weighted by molar-refractivity contribution is -0.120. The predicted molar refractivity (Wildman–Crippen MR) is 105 cm³/mol. The highest BCUT2D eigenvalue weighted by Crippen LogP contribution is 2.46. The van der Waals surface area contributed by atoms with Gasteiger partial charge in [0.25, 0.3) is 0 Å². The molecule has 1 aliphatic rings. The van der Waals surface area contributed by atoms with Crippen LogP contribution < -0.4 is 24.7 Å². The lowest BCUT2D eigenvalue weighted by Gasteiger charge is -2.17. The summed E-state index contributed by atoms with van der Waals surface area (Å²) in [5, 5.41) is 10.6. The Morgan fingerprint density at radius 3 is 2.00 bits per heavy atom. The molecule has 150 valence electrons. The Morgan fingerprint density at radius 2 is 1.50 bits per heavy atom. The summed E-state index contributed by atoms with van der Waals surface area (Å²) >= 11 is 0. The van der Waals surface area contributed by atoms with Crippen LogP contribution in [0.2, 0.25) is 0 Å². The number of aliphatic hydroxyl groups is 1. The van der Waals surface area contributed by atoms with E-state index in [0.717, 1.165) is 0 Å². The quantitative estimate of drug-likeness (QED) is 0.735. The van der Waals surface area contributed by atoms with Gasteiger partial charge < -0.3 is 29.8 Å². The van der Waals surface area contributed by atoms with E-state index in [4.69, 9.17) is 24.7 Å². The second kappa shape index (κ2) is 7.98. The van der Waals surface area contributed by atoms with Gasteiger partial charge in [0.2, 0.25) is 5.75 Å². The Kier molecular flexibility index (Phi) is 5.65. The van der Waals surface area contributed by atoms with Crippen LogP contribution >= 0.6 is 0 Å². The fourth-order valence-electron chi connectivity index (χ4n) is 3.84. The monoisotopic (exact) mass is 387 g/mol. The van der Waals surface area contributed by atoms with Crippen molar-refractivity contribution in [1.82, 2.24) is 0 Å². The molecule has 1 aliphatic carbocycles. The summed E-state index contributed by atoms with van der Waals surface area (Å²) in [5.41, 5.74) is 7.79. The first kappa shape index (κ1) is 19.8. The summed E-state index contributed by atoms with van der Waals surface area (Å²) < 4.78 is 21.3. The average Bonchev–Trinajstić information content (AvgIpc) is 3.00.